The molecule has 0 radical (unpaired) electrons. The smallest absolute Gasteiger partial charge is 0.264 e. The fourth-order valence-electron chi connectivity index (χ4n) is 4.52. The number of aromatic nitrogens is 1. The second-order valence-electron chi connectivity index (χ2n) is 10.5. The van der Waals surface area contributed by atoms with Gasteiger partial charge in [0.15, 0.2) is 0 Å². The van der Waals surface area contributed by atoms with Gasteiger partial charge in [-0.1, -0.05) is 50.1 Å². The largest absolute Gasteiger partial charge is 0.491 e. The first kappa shape index (κ1) is 32.9. The van der Waals surface area contributed by atoms with Gasteiger partial charge in [-0.25, -0.2) is 13.1 Å². The van der Waals surface area contributed by atoms with Crippen LogP contribution in [0.25, 0.3) is 10.9 Å². The van der Waals surface area contributed by atoms with Crippen LogP contribution in [0.3, 0.4) is 0 Å². The summed E-state index contributed by atoms with van der Waals surface area (Å²) in [6.45, 7) is 2.29. The molecule has 1 amide bonds. The zero-order valence-corrected chi connectivity index (χ0v) is 25.5. The van der Waals surface area contributed by atoms with Crippen molar-refractivity contribution >= 4 is 26.8 Å². The molecule has 0 bridgehead atoms. The normalized spacial score (nSPS) is 12.9. The van der Waals surface area contributed by atoms with Crippen molar-refractivity contribution in [1.82, 2.24) is 15.0 Å². The number of aliphatic hydroxyl groups is 2. The van der Waals surface area contributed by atoms with E-state index in [9.17, 15) is 23.4 Å². The Hall–Kier alpha value is -4.03. The lowest BCUT2D eigenvalue weighted by Crippen LogP contribution is -2.41. The molecule has 0 saturated heterocycles. The molecule has 0 aliphatic carbocycles. The van der Waals surface area contributed by atoms with Crippen LogP contribution in [0.4, 0.5) is 0 Å². The Morgan fingerprint density at radius 2 is 1.75 bits per heavy atom. The number of aliphatic hydroxyl groups excluding tert-OH is 2. The number of ether oxygens (including phenoxy) is 2. The molecule has 0 saturated carbocycles. The number of pyridine rings is 1. The van der Waals surface area contributed by atoms with E-state index < -0.39 is 22.0 Å². The van der Waals surface area contributed by atoms with E-state index >= 15 is 0 Å². The molecule has 0 aliphatic rings. The van der Waals surface area contributed by atoms with Gasteiger partial charge in [-0.3, -0.25) is 9.78 Å². The summed E-state index contributed by atoms with van der Waals surface area (Å²) in [6.07, 6.45) is 3.53. The Morgan fingerprint density at radius 1 is 0.977 bits per heavy atom. The summed E-state index contributed by atoms with van der Waals surface area (Å²) in [6, 6.07) is 22.9. The van der Waals surface area contributed by atoms with Crippen LogP contribution in [0.2, 0.25) is 0 Å². The number of nitrogens with zero attached hydrogens (tertiary/aromatic N) is 1. The summed E-state index contributed by atoms with van der Waals surface area (Å²) < 4.78 is 38.3. The summed E-state index contributed by atoms with van der Waals surface area (Å²) in [5, 5.41) is 24.0. The van der Waals surface area contributed by atoms with Gasteiger partial charge >= 0.3 is 0 Å². The van der Waals surface area contributed by atoms with Crippen LogP contribution in [0, 0.1) is 0 Å². The van der Waals surface area contributed by atoms with E-state index in [1.807, 2.05) is 61.5 Å². The third-order valence-electron chi connectivity index (χ3n) is 6.91. The van der Waals surface area contributed by atoms with Crippen LogP contribution in [0.1, 0.15) is 42.1 Å². The molecule has 2 atom stereocenters. The first-order valence-corrected chi connectivity index (χ1v) is 16.3. The lowest BCUT2D eigenvalue weighted by molar-refractivity contribution is 0.0981. The second-order valence-corrected chi connectivity index (χ2v) is 12.4. The molecule has 1 aromatic heterocycles. The third kappa shape index (κ3) is 10.0. The van der Waals surface area contributed by atoms with Gasteiger partial charge in [-0.15, -0.1) is 0 Å². The summed E-state index contributed by atoms with van der Waals surface area (Å²) in [5.41, 5.74) is 1.65. The minimum absolute atomic E-state index is 0.0971. The maximum atomic E-state index is 12.6. The fraction of sp³-hybridized carbons (Fsp3) is 0.333. The molecule has 4 N–H and O–H groups in total. The predicted octanol–water partition coefficient (Wildman–Crippen LogP) is 4.21. The Labute approximate surface area is 258 Å². The predicted molar refractivity (Wildman–Crippen MR) is 170 cm³/mol. The van der Waals surface area contributed by atoms with E-state index in [0.29, 0.717) is 41.0 Å². The average molecular weight is 622 g/mol. The molecule has 0 fully saturated rings. The Balaban J connectivity index is 1.32. The van der Waals surface area contributed by atoms with E-state index in [2.05, 4.69) is 15.0 Å². The number of carbonyl (C=O) groups is 1. The number of rotatable bonds is 17. The standard InChI is InChI=1S/C33H39N3O7S/c1-2-3-7-18-44(40,41)36-33(39)25-12-15-30-31(20-25)34-17-16-32(30)43-29-13-10-24(11-14-29)19-26(22-37)35-21-27(38)23-42-28-8-5-4-6-9-28/h4-6,8-17,20,26-27,35,37-38H,2-3,7,18-19,21-23H2,1H3,(H,36,39)/t26-,27-/m0/s1. The van der Waals surface area contributed by atoms with Crippen LogP contribution in [-0.2, 0) is 16.4 Å². The molecular formula is C33H39N3O7S. The number of nitrogens with one attached hydrogen (secondary N) is 2. The van der Waals surface area contributed by atoms with Gasteiger partial charge in [0.25, 0.3) is 5.91 Å². The maximum Gasteiger partial charge on any atom is 0.264 e. The Kier molecular flexibility index (Phi) is 12.1. The van der Waals surface area contributed by atoms with Crippen LogP contribution >= 0.6 is 0 Å². The molecule has 3 aromatic carbocycles. The number of carbonyl (C=O) groups excluding carboxylic acids is 1. The lowest BCUT2D eigenvalue weighted by atomic mass is 10.1. The molecule has 4 aromatic rings. The van der Waals surface area contributed by atoms with E-state index in [1.54, 1.807) is 24.4 Å². The highest BCUT2D eigenvalue weighted by Gasteiger charge is 2.17. The number of hydrogen-bond donors (Lipinski definition) is 4. The number of hydrogen-bond acceptors (Lipinski definition) is 9. The van der Waals surface area contributed by atoms with Gasteiger partial charge in [0.05, 0.1) is 17.9 Å². The Morgan fingerprint density at radius 3 is 2.48 bits per heavy atom. The van der Waals surface area contributed by atoms with Crippen LogP contribution in [-0.4, -0.2) is 67.2 Å². The zero-order chi connectivity index (χ0) is 31.4. The van der Waals surface area contributed by atoms with Crippen molar-refractivity contribution < 1.29 is 32.9 Å². The summed E-state index contributed by atoms with van der Waals surface area (Å²) in [4.78, 5) is 16.9. The first-order valence-electron chi connectivity index (χ1n) is 14.7. The zero-order valence-electron chi connectivity index (χ0n) is 24.7. The first-order chi connectivity index (χ1) is 21.3. The number of unbranched alkanes of at least 4 members (excludes halogenated alkanes) is 2. The second kappa shape index (κ2) is 16.2. The van der Waals surface area contributed by atoms with Crippen molar-refractivity contribution in [1.29, 1.82) is 0 Å². The number of fused-ring (bicyclic) bond motifs is 1. The van der Waals surface area contributed by atoms with E-state index in [-0.39, 0.29) is 37.1 Å². The van der Waals surface area contributed by atoms with Crippen molar-refractivity contribution in [3.63, 3.8) is 0 Å². The topological polar surface area (TPSA) is 147 Å². The molecule has 0 unspecified atom stereocenters. The van der Waals surface area contributed by atoms with E-state index in [1.165, 1.54) is 6.07 Å². The van der Waals surface area contributed by atoms with Crippen LogP contribution in [0.5, 0.6) is 17.2 Å². The van der Waals surface area contributed by atoms with E-state index in [0.717, 1.165) is 18.4 Å². The van der Waals surface area contributed by atoms with Gasteiger partial charge in [-0.05, 0) is 66.9 Å². The van der Waals surface area contributed by atoms with Crippen LogP contribution < -0.4 is 19.5 Å². The highest BCUT2D eigenvalue weighted by molar-refractivity contribution is 7.90. The van der Waals surface area contributed by atoms with Gasteiger partial charge in [0.2, 0.25) is 10.0 Å². The molecule has 44 heavy (non-hydrogen) atoms. The average Bonchev–Trinajstić information content (AvgIpc) is 3.03. The van der Waals surface area contributed by atoms with Gasteiger partial charge in [0, 0.05) is 29.7 Å². The molecular weight excluding hydrogens is 582 g/mol. The molecule has 0 aliphatic heterocycles. The number of benzene rings is 3. The summed E-state index contributed by atoms with van der Waals surface area (Å²) in [5.74, 6) is 1.01. The summed E-state index contributed by atoms with van der Waals surface area (Å²) >= 11 is 0. The highest BCUT2D eigenvalue weighted by atomic mass is 32.2. The van der Waals surface area contributed by atoms with E-state index in [4.69, 9.17) is 9.47 Å². The van der Waals surface area contributed by atoms with Gasteiger partial charge in [-0.2, -0.15) is 0 Å². The monoisotopic (exact) mass is 621 g/mol. The maximum absolute atomic E-state index is 12.6. The fourth-order valence-corrected chi connectivity index (χ4v) is 5.61. The molecule has 10 nitrogen and oxygen atoms in total. The van der Waals surface area contributed by atoms with Crippen molar-refractivity contribution in [3.8, 4) is 17.2 Å². The van der Waals surface area contributed by atoms with Crippen molar-refractivity contribution in [2.75, 3.05) is 25.5 Å². The molecule has 234 valence electrons. The van der Waals surface area contributed by atoms with Gasteiger partial charge in [0.1, 0.15) is 30.0 Å². The number of amides is 1. The third-order valence-corrected chi connectivity index (χ3v) is 8.23. The summed E-state index contributed by atoms with van der Waals surface area (Å²) in [7, 11) is -3.71. The Bertz CT molecular complexity index is 1600. The SMILES string of the molecule is CCCCCS(=O)(=O)NC(=O)c1ccc2c(Oc3ccc(C[C@@H](CO)NC[C@H](O)COc4ccccc4)cc3)ccnc2c1. The van der Waals surface area contributed by atoms with Gasteiger partial charge < -0.3 is 25.0 Å². The van der Waals surface area contributed by atoms with Crippen molar-refractivity contribution in [2.45, 2.75) is 44.8 Å². The van der Waals surface area contributed by atoms with Crippen molar-refractivity contribution in [2.24, 2.45) is 0 Å². The minimum atomic E-state index is -3.71. The minimum Gasteiger partial charge on any atom is -0.491 e. The highest BCUT2D eigenvalue weighted by Crippen LogP contribution is 2.29. The van der Waals surface area contributed by atoms with Crippen LogP contribution in [0.15, 0.2) is 85.1 Å². The number of sulfonamides is 1. The molecule has 4 rings (SSSR count). The number of para-hydroxylation sites is 1. The molecule has 11 heteroatoms. The lowest BCUT2D eigenvalue weighted by Gasteiger charge is -2.19. The quantitative estimate of drug-likeness (QED) is 0.127. The van der Waals surface area contributed by atoms with Crippen molar-refractivity contribution in [3.05, 3.63) is 96.2 Å². The molecule has 1 heterocycles. The molecule has 0 spiro atoms.